The number of carbonyl (C=O) groups excluding carboxylic acids is 3. The Balaban J connectivity index is 1.35. The van der Waals surface area contributed by atoms with E-state index in [0.29, 0.717) is 57.3 Å². The van der Waals surface area contributed by atoms with Crippen molar-refractivity contribution in [3.63, 3.8) is 0 Å². The minimum Gasteiger partial charge on any atom is -0.341 e. The maximum atomic E-state index is 14.1. The number of halogens is 2. The Morgan fingerprint density at radius 1 is 1.00 bits per heavy atom. The molecule has 3 atom stereocenters. The highest BCUT2D eigenvalue weighted by atomic mass is 32.2. The van der Waals surface area contributed by atoms with Crippen molar-refractivity contribution < 1.29 is 31.6 Å². The van der Waals surface area contributed by atoms with Crippen molar-refractivity contribution in [2.75, 3.05) is 46.0 Å². The van der Waals surface area contributed by atoms with Crippen LogP contribution in [0.5, 0.6) is 0 Å². The molecule has 0 bridgehead atoms. The van der Waals surface area contributed by atoms with Crippen LogP contribution in [0.25, 0.3) is 10.8 Å². The van der Waals surface area contributed by atoms with Crippen molar-refractivity contribution >= 4 is 38.5 Å². The zero-order chi connectivity index (χ0) is 30.9. The lowest BCUT2D eigenvalue weighted by molar-refractivity contribution is -0.148. The zero-order valence-corrected chi connectivity index (χ0v) is 25.3. The zero-order valence-electron chi connectivity index (χ0n) is 24.5. The third-order valence-corrected chi connectivity index (χ3v) is 10.4. The van der Waals surface area contributed by atoms with Gasteiger partial charge in [0.1, 0.15) is 12.1 Å². The van der Waals surface area contributed by atoms with Gasteiger partial charge in [0, 0.05) is 50.9 Å². The molecule has 10 nitrogen and oxygen atoms in total. The lowest BCUT2D eigenvalue weighted by Gasteiger charge is -2.41. The number of benzene rings is 2. The fraction of sp³-hybridized carbons (Fsp3) is 0.567. The Hall–Kier alpha value is -3.16. The average molecular weight is 620 g/mol. The van der Waals surface area contributed by atoms with Gasteiger partial charge in [-0.05, 0) is 55.0 Å². The van der Waals surface area contributed by atoms with Crippen LogP contribution in [0.3, 0.4) is 0 Å². The molecule has 0 aromatic heterocycles. The number of amides is 3. The van der Waals surface area contributed by atoms with Crippen molar-refractivity contribution in [3.05, 3.63) is 48.0 Å². The second-order valence-electron chi connectivity index (χ2n) is 11.9. The number of likely N-dealkylation sites (N-methyl/N-ethyl adjacent to an activating group) is 1. The van der Waals surface area contributed by atoms with E-state index in [1.165, 1.54) is 15.5 Å². The number of carbonyl (C=O) groups is 3. The quantitative estimate of drug-likeness (QED) is 0.509. The van der Waals surface area contributed by atoms with Crippen molar-refractivity contribution in [2.45, 2.75) is 62.7 Å². The summed E-state index contributed by atoms with van der Waals surface area (Å²) in [6, 6.07) is 10.4. The van der Waals surface area contributed by atoms with E-state index < -0.39 is 46.9 Å². The highest BCUT2D eigenvalue weighted by Crippen LogP contribution is 2.31. The number of nitrogens with one attached hydrogen (secondary N) is 1. The van der Waals surface area contributed by atoms with E-state index in [-0.39, 0.29) is 24.5 Å². The van der Waals surface area contributed by atoms with Crippen LogP contribution in [-0.4, -0.2) is 122 Å². The molecule has 3 aliphatic heterocycles. The maximum absolute atomic E-state index is 14.1. The largest absolute Gasteiger partial charge is 0.341 e. The molecule has 43 heavy (non-hydrogen) atoms. The molecule has 3 fully saturated rings. The van der Waals surface area contributed by atoms with Crippen LogP contribution >= 0.6 is 0 Å². The lowest BCUT2D eigenvalue weighted by atomic mass is 10.0. The molecule has 3 aliphatic rings. The molecule has 3 heterocycles. The van der Waals surface area contributed by atoms with E-state index in [9.17, 15) is 31.6 Å². The number of sulfonamides is 1. The van der Waals surface area contributed by atoms with Crippen LogP contribution in [0.4, 0.5) is 8.78 Å². The number of hydrogen-bond donors (Lipinski definition) is 1. The Kier molecular flexibility index (Phi) is 9.33. The molecule has 0 radical (unpaired) electrons. The highest BCUT2D eigenvalue weighted by Gasteiger charge is 2.46. The van der Waals surface area contributed by atoms with Gasteiger partial charge in [-0.25, -0.2) is 21.5 Å². The summed E-state index contributed by atoms with van der Waals surface area (Å²) in [5.41, 5.74) is 0.347. The molecule has 0 unspecified atom stereocenters. The standard InChI is InChI=1S/C30H39F2N5O5S/c1-34(23-12-15-36(16-13-23)43(2,41)42)30(40)26-10-9-24-11-14-35(19-27(31)32)18-25(29(39)37(24)26)33-28(38)22-8-7-20-5-3-4-6-21(20)17-22/h3-8,17,23-27H,9-16,18-19H2,1-2H3,(H,33,38)/t24-,25+,26+/m1/s1. The third kappa shape index (κ3) is 6.99. The Labute approximate surface area is 251 Å². The minimum absolute atomic E-state index is 0.0909. The molecule has 0 spiro atoms. The first-order valence-electron chi connectivity index (χ1n) is 14.8. The monoisotopic (exact) mass is 619 g/mol. The fourth-order valence-corrected chi connectivity index (χ4v) is 7.57. The summed E-state index contributed by atoms with van der Waals surface area (Å²) in [6.45, 7) is 0.341. The summed E-state index contributed by atoms with van der Waals surface area (Å²) in [7, 11) is -1.62. The van der Waals surface area contributed by atoms with Gasteiger partial charge in [-0.3, -0.25) is 19.3 Å². The summed E-state index contributed by atoms with van der Waals surface area (Å²) in [5.74, 6) is -1.16. The molecule has 3 saturated heterocycles. The number of alkyl halides is 2. The fourth-order valence-electron chi connectivity index (χ4n) is 6.70. The number of hydrogen-bond acceptors (Lipinski definition) is 6. The Morgan fingerprint density at radius 3 is 2.37 bits per heavy atom. The van der Waals surface area contributed by atoms with Gasteiger partial charge in [0.25, 0.3) is 12.3 Å². The molecule has 5 rings (SSSR count). The van der Waals surface area contributed by atoms with Crippen LogP contribution in [0.1, 0.15) is 42.5 Å². The minimum atomic E-state index is -3.31. The first kappa shape index (κ1) is 31.3. The summed E-state index contributed by atoms with van der Waals surface area (Å²) in [6.07, 6.45) is 0.996. The Morgan fingerprint density at radius 2 is 1.70 bits per heavy atom. The Bertz CT molecular complexity index is 1470. The summed E-state index contributed by atoms with van der Waals surface area (Å²) in [5, 5.41) is 4.61. The highest BCUT2D eigenvalue weighted by molar-refractivity contribution is 7.88. The molecule has 0 aliphatic carbocycles. The van der Waals surface area contributed by atoms with Crippen LogP contribution in [-0.2, 0) is 19.6 Å². The molecule has 234 valence electrons. The van der Waals surface area contributed by atoms with E-state index in [1.807, 2.05) is 30.3 Å². The predicted octanol–water partition coefficient (Wildman–Crippen LogP) is 2.15. The van der Waals surface area contributed by atoms with Crippen molar-refractivity contribution in [1.29, 1.82) is 0 Å². The van der Waals surface area contributed by atoms with E-state index in [4.69, 9.17) is 0 Å². The van der Waals surface area contributed by atoms with Crippen molar-refractivity contribution in [2.24, 2.45) is 0 Å². The van der Waals surface area contributed by atoms with Crippen molar-refractivity contribution in [3.8, 4) is 0 Å². The second-order valence-corrected chi connectivity index (χ2v) is 13.8. The normalized spacial score (nSPS) is 24.5. The van der Waals surface area contributed by atoms with Gasteiger partial charge in [-0.2, -0.15) is 0 Å². The van der Waals surface area contributed by atoms with E-state index in [1.54, 1.807) is 29.0 Å². The predicted molar refractivity (Wildman–Crippen MR) is 158 cm³/mol. The van der Waals surface area contributed by atoms with Gasteiger partial charge in [-0.1, -0.05) is 30.3 Å². The van der Waals surface area contributed by atoms with Gasteiger partial charge in [0.2, 0.25) is 21.8 Å². The summed E-state index contributed by atoms with van der Waals surface area (Å²) >= 11 is 0. The average Bonchev–Trinajstić information content (AvgIpc) is 3.40. The molecule has 3 amide bonds. The van der Waals surface area contributed by atoms with E-state index in [2.05, 4.69) is 5.32 Å². The second kappa shape index (κ2) is 12.8. The first-order chi connectivity index (χ1) is 20.4. The van der Waals surface area contributed by atoms with Crippen LogP contribution in [0.15, 0.2) is 42.5 Å². The lowest BCUT2D eigenvalue weighted by Crippen LogP contribution is -2.61. The van der Waals surface area contributed by atoms with E-state index in [0.717, 1.165) is 10.8 Å². The molecular formula is C30H39F2N5O5S. The number of rotatable bonds is 7. The smallest absolute Gasteiger partial charge is 0.251 e. The van der Waals surface area contributed by atoms with Crippen LogP contribution < -0.4 is 5.32 Å². The van der Waals surface area contributed by atoms with Gasteiger partial charge in [0.05, 0.1) is 12.8 Å². The summed E-state index contributed by atoms with van der Waals surface area (Å²) < 4.78 is 52.1. The topological polar surface area (TPSA) is 110 Å². The molecule has 13 heteroatoms. The maximum Gasteiger partial charge on any atom is 0.251 e. The van der Waals surface area contributed by atoms with Gasteiger partial charge >= 0.3 is 0 Å². The van der Waals surface area contributed by atoms with Gasteiger partial charge < -0.3 is 15.1 Å². The van der Waals surface area contributed by atoms with Gasteiger partial charge in [0.15, 0.2) is 0 Å². The first-order valence-corrected chi connectivity index (χ1v) is 16.6. The number of nitrogens with zero attached hydrogens (tertiary/aromatic N) is 4. The molecular weight excluding hydrogens is 580 g/mol. The third-order valence-electron chi connectivity index (χ3n) is 9.06. The number of fused-ring (bicyclic) bond motifs is 2. The molecule has 2 aromatic rings. The molecule has 1 N–H and O–H groups in total. The van der Waals surface area contributed by atoms with Gasteiger partial charge in [-0.15, -0.1) is 0 Å². The SMILES string of the molecule is CN(C(=O)[C@@H]1CC[C@@H]2CCN(CC(F)F)C[C@H](NC(=O)c3ccc4ccccc4c3)C(=O)N21)C1CCN(S(C)(=O)=O)CC1. The van der Waals surface area contributed by atoms with Crippen LogP contribution in [0.2, 0.25) is 0 Å². The van der Waals surface area contributed by atoms with E-state index >= 15 is 0 Å². The number of piperidine rings is 1. The van der Waals surface area contributed by atoms with Crippen LogP contribution in [0, 0.1) is 0 Å². The molecule has 2 aromatic carbocycles. The van der Waals surface area contributed by atoms with Crippen molar-refractivity contribution in [1.82, 2.24) is 24.3 Å². The molecule has 0 saturated carbocycles. The summed E-state index contributed by atoms with van der Waals surface area (Å²) in [4.78, 5) is 46.0.